The van der Waals surface area contributed by atoms with Crippen LogP contribution in [0.5, 0.6) is 0 Å². The molecule has 2 aromatic heterocycles. The molecule has 9 heteroatoms. The van der Waals surface area contributed by atoms with Gasteiger partial charge in [-0.2, -0.15) is 5.10 Å². The van der Waals surface area contributed by atoms with E-state index in [9.17, 15) is 9.59 Å². The van der Waals surface area contributed by atoms with Crippen LogP contribution in [0, 0.1) is 0 Å². The number of carboxylic acid groups (broad SMARTS) is 1. The lowest BCUT2D eigenvalue weighted by atomic mass is 10.1. The highest BCUT2D eigenvalue weighted by Gasteiger charge is 2.33. The van der Waals surface area contributed by atoms with Crippen molar-refractivity contribution in [3.8, 4) is 16.9 Å². The summed E-state index contributed by atoms with van der Waals surface area (Å²) in [6.07, 6.45) is 6.87. The molecule has 0 spiro atoms. The molecule has 1 amide bonds. The topological polar surface area (TPSA) is 88.3 Å². The van der Waals surface area contributed by atoms with Crippen molar-refractivity contribution < 1.29 is 14.7 Å². The highest BCUT2D eigenvalue weighted by Crippen LogP contribution is 2.34. The van der Waals surface area contributed by atoms with Crippen molar-refractivity contribution in [2.24, 2.45) is 0 Å². The Morgan fingerprint density at radius 1 is 1.17 bits per heavy atom. The first-order valence-electron chi connectivity index (χ1n) is 8.55. The Morgan fingerprint density at radius 2 is 1.90 bits per heavy atom. The number of hydrogen-bond acceptors (Lipinski definition) is 6. The van der Waals surface area contributed by atoms with Gasteiger partial charge in [0.2, 0.25) is 0 Å². The van der Waals surface area contributed by atoms with Gasteiger partial charge in [0.1, 0.15) is 16.6 Å². The molecule has 0 aliphatic carbocycles. The van der Waals surface area contributed by atoms with Crippen molar-refractivity contribution in [3.63, 3.8) is 0 Å². The molecule has 1 fully saturated rings. The lowest BCUT2D eigenvalue weighted by Crippen LogP contribution is -2.33. The maximum absolute atomic E-state index is 12.6. The molecule has 3 heterocycles. The first kappa shape index (κ1) is 19.0. The Bertz CT molecular complexity index is 1130. The number of nitrogens with zero attached hydrogens (tertiary/aromatic N) is 4. The molecule has 3 aromatic rings. The number of carboxylic acids is 1. The number of para-hydroxylation sites is 1. The van der Waals surface area contributed by atoms with Gasteiger partial charge < -0.3 is 5.11 Å². The van der Waals surface area contributed by atoms with E-state index in [1.165, 1.54) is 0 Å². The van der Waals surface area contributed by atoms with Gasteiger partial charge in [-0.15, -0.1) is 0 Å². The minimum Gasteiger partial charge on any atom is -0.480 e. The van der Waals surface area contributed by atoms with Crippen LogP contribution in [-0.4, -0.2) is 47.5 Å². The first-order chi connectivity index (χ1) is 14.0. The third-order valence-electron chi connectivity index (χ3n) is 4.17. The van der Waals surface area contributed by atoms with Crippen LogP contribution in [0.4, 0.5) is 0 Å². The van der Waals surface area contributed by atoms with Gasteiger partial charge in [0.25, 0.3) is 5.91 Å². The van der Waals surface area contributed by atoms with Crippen LogP contribution in [0.2, 0.25) is 0 Å². The summed E-state index contributed by atoms with van der Waals surface area (Å²) in [7, 11) is 0. The quantitative estimate of drug-likeness (QED) is 0.499. The molecular formula is C20H14N4O3S2. The van der Waals surface area contributed by atoms with Gasteiger partial charge >= 0.3 is 5.97 Å². The first-order valence-corrected chi connectivity index (χ1v) is 9.78. The van der Waals surface area contributed by atoms with Gasteiger partial charge in [0.15, 0.2) is 0 Å². The van der Waals surface area contributed by atoms with E-state index in [4.69, 9.17) is 17.3 Å². The van der Waals surface area contributed by atoms with E-state index in [0.29, 0.717) is 10.6 Å². The summed E-state index contributed by atoms with van der Waals surface area (Å²) in [5.74, 6) is -1.53. The van der Waals surface area contributed by atoms with E-state index in [2.05, 4.69) is 10.1 Å². The van der Waals surface area contributed by atoms with Crippen LogP contribution in [0.3, 0.4) is 0 Å². The summed E-state index contributed by atoms with van der Waals surface area (Å²) >= 11 is 6.26. The predicted octanol–water partition coefficient (Wildman–Crippen LogP) is 3.22. The molecule has 1 aromatic carbocycles. The number of hydrogen-bond donors (Lipinski definition) is 1. The summed E-state index contributed by atoms with van der Waals surface area (Å²) in [5, 5.41) is 13.7. The van der Waals surface area contributed by atoms with Gasteiger partial charge in [0.05, 0.1) is 10.6 Å². The lowest BCUT2D eigenvalue weighted by Gasteiger charge is -2.10. The van der Waals surface area contributed by atoms with E-state index in [0.717, 1.165) is 33.5 Å². The maximum Gasteiger partial charge on any atom is 0.323 e. The number of aliphatic carboxylic acids is 1. The Morgan fingerprint density at radius 3 is 2.59 bits per heavy atom. The Balaban J connectivity index is 1.78. The molecule has 0 radical (unpaired) electrons. The molecule has 29 heavy (non-hydrogen) atoms. The maximum atomic E-state index is 12.6. The molecule has 1 saturated heterocycles. The summed E-state index contributed by atoms with van der Waals surface area (Å²) in [4.78, 5) is 29.1. The summed E-state index contributed by atoms with van der Waals surface area (Å²) in [6, 6.07) is 13.3. The van der Waals surface area contributed by atoms with Gasteiger partial charge in [-0.1, -0.05) is 42.2 Å². The predicted molar refractivity (Wildman–Crippen MR) is 114 cm³/mol. The van der Waals surface area contributed by atoms with Gasteiger partial charge in [0, 0.05) is 29.7 Å². The van der Waals surface area contributed by atoms with E-state index in [1.807, 2.05) is 48.7 Å². The van der Waals surface area contributed by atoms with Crippen LogP contribution >= 0.6 is 24.0 Å². The fourth-order valence-corrected chi connectivity index (χ4v) is 4.10. The standard InChI is InChI=1S/C20H14N4O3S2/c25-17(26)12-23-19(27)16(29-20(23)28)10-14-11-24(15-4-2-1-3-5-15)22-18(14)13-6-8-21-9-7-13/h1-11H,12H2,(H,25,26). The molecule has 4 rings (SSSR count). The van der Waals surface area contributed by atoms with Crippen molar-refractivity contribution >= 4 is 46.3 Å². The number of pyridine rings is 1. The summed E-state index contributed by atoms with van der Waals surface area (Å²) in [6.45, 7) is -0.456. The minimum absolute atomic E-state index is 0.226. The molecule has 0 bridgehead atoms. The van der Waals surface area contributed by atoms with E-state index in [1.54, 1.807) is 23.2 Å². The third-order valence-corrected chi connectivity index (χ3v) is 5.55. The lowest BCUT2D eigenvalue weighted by molar-refractivity contribution is -0.140. The minimum atomic E-state index is -1.11. The number of carbonyl (C=O) groups is 2. The van der Waals surface area contributed by atoms with E-state index in [-0.39, 0.29) is 4.32 Å². The number of aromatic nitrogens is 3. The average molecular weight is 422 g/mol. The van der Waals surface area contributed by atoms with Crippen molar-refractivity contribution in [1.29, 1.82) is 0 Å². The smallest absolute Gasteiger partial charge is 0.323 e. The highest BCUT2D eigenvalue weighted by atomic mass is 32.2. The molecule has 0 atom stereocenters. The second-order valence-corrected chi connectivity index (χ2v) is 7.79. The zero-order valence-electron chi connectivity index (χ0n) is 14.9. The molecule has 144 valence electrons. The Hall–Kier alpha value is -3.30. The number of thiocarbonyl (C=S) groups is 1. The molecule has 0 unspecified atom stereocenters. The highest BCUT2D eigenvalue weighted by molar-refractivity contribution is 8.26. The van der Waals surface area contributed by atoms with Crippen LogP contribution in [0.25, 0.3) is 23.0 Å². The zero-order valence-corrected chi connectivity index (χ0v) is 16.6. The Kier molecular flexibility index (Phi) is 5.24. The normalized spacial score (nSPS) is 15.3. The molecule has 1 N–H and O–H groups in total. The largest absolute Gasteiger partial charge is 0.480 e. The number of benzene rings is 1. The molecule has 0 saturated carbocycles. The Labute approximate surface area is 175 Å². The fourth-order valence-electron chi connectivity index (χ4n) is 2.85. The molecule has 7 nitrogen and oxygen atoms in total. The molecule has 1 aliphatic heterocycles. The SMILES string of the molecule is O=C(O)CN1C(=O)C(=Cc2cn(-c3ccccc3)nc2-c2ccncc2)SC1=S. The third kappa shape index (κ3) is 3.96. The van der Waals surface area contributed by atoms with E-state index < -0.39 is 18.4 Å². The molecule has 1 aliphatic rings. The second-order valence-electron chi connectivity index (χ2n) is 6.11. The summed E-state index contributed by atoms with van der Waals surface area (Å²) < 4.78 is 1.96. The van der Waals surface area contributed by atoms with Gasteiger partial charge in [-0.3, -0.25) is 19.5 Å². The molecular weight excluding hydrogens is 408 g/mol. The second kappa shape index (κ2) is 7.98. The number of thioether (sulfide) groups is 1. The van der Waals surface area contributed by atoms with Crippen molar-refractivity contribution in [1.82, 2.24) is 19.7 Å². The van der Waals surface area contributed by atoms with Crippen LogP contribution in [0.1, 0.15) is 5.56 Å². The van der Waals surface area contributed by atoms with Crippen LogP contribution in [-0.2, 0) is 9.59 Å². The number of amides is 1. The average Bonchev–Trinajstić information content (AvgIpc) is 3.26. The van der Waals surface area contributed by atoms with Gasteiger partial charge in [-0.05, 0) is 30.3 Å². The van der Waals surface area contributed by atoms with Gasteiger partial charge in [-0.25, -0.2) is 4.68 Å². The van der Waals surface area contributed by atoms with Crippen molar-refractivity contribution in [2.45, 2.75) is 0 Å². The van der Waals surface area contributed by atoms with Crippen molar-refractivity contribution in [3.05, 3.63) is 71.5 Å². The zero-order chi connectivity index (χ0) is 20.4. The number of rotatable bonds is 5. The number of carbonyl (C=O) groups excluding carboxylic acids is 1. The van der Waals surface area contributed by atoms with Crippen molar-refractivity contribution in [2.75, 3.05) is 6.54 Å². The van der Waals surface area contributed by atoms with Crippen LogP contribution < -0.4 is 0 Å². The van der Waals surface area contributed by atoms with E-state index >= 15 is 0 Å². The fraction of sp³-hybridized carbons (Fsp3) is 0.0500. The van der Waals surface area contributed by atoms with Crippen LogP contribution in [0.15, 0.2) is 66.0 Å². The summed E-state index contributed by atoms with van der Waals surface area (Å²) in [5.41, 5.74) is 3.12. The monoisotopic (exact) mass is 422 g/mol.